The summed E-state index contributed by atoms with van der Waals surface area (Å²) in [4.78, 5) is 28.4. The Balaban J connectivity index is 1.79. The molecule has 1 saturated heterocycles. The van der Waals surface area contributed by atoms with Crippen LogP contribution in [0.2, 0.25) is 5.02 Å². The summed E-state index contributed by atoms with van der Waals surface area (Å²) in [5.41, 5.74) is 1.15. The van der Waals surface area contributed by atoms with Crippen molar-refractivity contribution in [3.05, 3.63) is 58.9 Å². The van der Waals surface area contributed by atoms with Crippen LogP contribution >= 0.6 is 11.6 Å². The Kier molecular flexibility index (Phi) is 4.97. The van der Waals surface area contributed by atoms with E-state index in [0.717, 1.165) is 9.87 Å². The van der Waals surface area contributed by atoms with E-state index in [1.807, 2.05) is 6.07 Å². The average Bonchev–Trinajstić information content (AvgIpc) is 2.80. The minimum absolute atomic E-state index is 0.0636. The van der Waals surface area contributed by atoms with Gasteiger partial charge in [0.25, 0.3) is 5.91 Å². The summed E-state index contributed by atoms with van der Waals surface area (Å²) in [5, 5.41) is 2.78. The summed E-state index contributed by atoms with van der Waals surface area (Å²) in [5.74, 6) is -1.76. The molecule has 0 radical (unpaired) electrons. The third-order valence-corrected chi connectivity index (χ3v) is 6.15. The van der Waals surface area contributed by atoms with E-state index in [-0.39, 0.29) is 28.6 Å². The van der Waals surface area contributed by atoms with Gasteiger partial charge in [0.15, 0.2) is 0 Å². The number of hydrogen-bond donors (Lipinski definition) is 1. The van der Waals surface area contributed by atoms with Gasteiger partial charge in [-0.1, -0.05) is 24.6 Å². The van der Waals surface area contributed by atoms with Crippen molar-refractivity contribution < 1.29 is 18.0 Å². The second-order valence-corrected chi connectivity index (χ2v) is 8.26. The molecule has 1 aromatic heterocycles. The molecule has 26 heavy (non-hydrogen) atoms. The standard InChI is InChI=1S/C17H16ClN3O4S/c1-11-10-26(24,25)21(17(11)23)13-4-5-14(15(18)7-13)16(22)20-9-12-3-2-6-19-8-12/h2-8,11H,9-10H2,1H3,(H,20,22). The van der Waals surface area contributed by atoms with Crippen molar-refractivity contribution in [3.8, 4) is 0 Å². The van der Waals surface area contributed by atoms with Gasteiger partial charge >= 0.3 is 0 Å². The summed E-state index contributed by atoms with van der Waals surface area (Å²) < 4.78 is 25.0. The highest BCUT2D eigenvalue weighted by molar-refractivity contribution is 7.94. The van der Waals surface area contributed by atoms with Crippen LogP contribution in [0.25, 0.3) is 0 Å². The number of nitrogens with zero attached hydrogens (tertiary/aromatic N) is 2. The van der Waals surface area contributed by atoms with Crippen LogP contribution in [0.3, 0.4) is 0 Å². The van der Waals surface area contributed by atoms with Crippen LogP contribution in [0.1, 0.15) is 22.8 Å². The molecule has 0 saturated carbocycles. The topological polar surface area (TPSA) is 96.4 Å². The number of pyridine rings is 1. The second-order valence-electron chi connectivity index (χ2n) is 5.99. The monoisotopic (exact) mass is 393 g/mol. The van der Waals surface area contributed by atoms with Crippen LogP contribution in [0.15, 0.2) is 42.7 Å². The predicted octanol–water partition coefficient (Wildman–Crippen LogP) is 1.98. The number of carbonyl (C=O) groups excluding carboxylic acids is 2. The first-order chi connectivity index (χ1) is 12.3. The van der Waals surface area contributed by atoms with E-state index in [2.05, 4.69) is 10.3 Å². The zero-order valence-electron chi connectivity index (χ0n) is 13.8. The number of sulfonamides is 1. The number of halogens is 1. The molecule has 0 spiro atoms. The summed E-state index contributed by atoms with van der Waals surface area (Å²) in [7, 11) is -3.72. The van der Waals surface area contributed by atoms with Crippen molar-refractivity contribution in [3.63, 3.8) is 0 Å². The van der Waals surface area contributed by atoms with Gasteiger partial charge in [-0.25, -0.2) is 12.7 Å². The minimum Gasteiger partial charge on any atom is -0.348 e. The fourth-order valence-corrected chi connectivity index (χ4v) is 4.75. The molecule has 3 rings (SSSR count). The molecule has 1 atom stereocenters. The molecule has 136 valence electrons. The quantitative estimate of drug-likeness (QED) is 0.856. The number of amides is 2. The van der Waals surface area contributed by atoms with Gasteiger partial charge in [0.2, 0.25) is 15.9 Å². The molecule has 2 heterocycles. The number of anilines is 1. The van der Waals surface area contributed by atoms with Gasteiger partial charge in [-0.3, -0.25) is 14.6 Å². The minimum atomic E-state index is -3.72. The fraction of sp³-hybridized carbons (Fsp3) is 0.235. The van der Waals surface area contributed by atoms with E-state index in [4.69, 9.17) is 11.6 Å². The molecule has 1 unspecified atom stereocenters. The van der Waals surface area contributed by atoms with E-state index >= 15 is 0 Å². The number of rotatable bonds is 4. The Hall–Kier alpha value is -2.45. The van der Waals surface area contributed by atoms with Crippen LogP contribution in [-0.4, -0.2) is 31.0 Å². The lowest BCUT2D eigenvalue weighted by atomic mass is 10.1. The SMILES string of the molecule is CC1CS(=O)(=O)N(c2ccc(C(=O)NCc3cccnc3)c(Cl)c2)C1=O. The molecule has 1 aromatic carbocycles. The Labute approximate surface area is 156 Å². The maximum Gasteiger partial charge on any atom is 0.253 e. The van der Waals surface area contributed by atoms with Gasteiger partial charge in [-0.15, -0.1) is 0 Å². The van der Waals surface area contributed by atoms with Crippen molar-refractivity contribution in [2.24, 2.45) is 5.92 Å². The molecule has 1 aliphatic heterocycles. The predicted molar refractivity (Wildman–Crippen MR) is 97.3 cm³/mol. The first-order valence-electron chi connectivity index (χ1n) is 7.83. The van der Waals surface area contributed by atoms with Gasteiger partial charge in [0, 0.05) is 18.9 Å². The number of benzene rings is 1. The van der Waals surface area contributed by atoms with Gasteiger partial charge in [0.1, 0.15) is 0 Å². The van der Waals surface area contributed by atoms with E-state index in [1.54, 1.807) is 25.4 Å². The molecular formula is C17H16ClN3O4S. The molecule has 7 nitrogen and oxygen atoms in total. The maximum atomic E-state index is 12.3. The van der Waals surface area contributed by atoms with Crippen molar-refractivity contribution in [1.29, 1.82) is 0 Å². The Morgan fingerprint density at radius 3 is 2.73 bits per heavy atom. The van der Waals surface area contributed by atoms with Gasteiger partial charge in [-0.05, 0) is 29.8 Å². The van der Waals surface area contributed by atoms with Gasteiger partial charge < -0.3 is 5.32 Å². The molecule has 0 bridgehead atoms. The summed E-state index contributed by atoms with van der Waals surface area (Å²) in [6.45, 7) is 1.84. The second kappa shape index (κ2) is 7.05. The summed E-state index contributed by atoms with van der Waals surface area (Å²) >= 11 is 6.16. The lowest BCUT2D eigenvalue weighted by molar-refractivity contribution is -0.119. The number of carbonyl (C=O) groups is 2. The summed E-state index contributed by atoms with van der Waals surface area (Å²) in [6.07, 6.45) is 3.27. The van der Waals surface area contributed by atoms with Crippen molar-refractivity contribution >= 4 is 39.1 Å². The molecule has 2 aromatic rings. The molecule has 0 aliphatic carbocycles. The first kappa shape index (κ1) is 18.3. The zero-order valence-corrected chi connectivity index (χ0v) is 15.4. The molecule has 9 heteroatoms. The van der Waals surface area contributed by atoms with E-state index in [0.29, 0.717) is 0 Å². The first-order valence-corrected chi connectivity index (χ1v) is 9.82. The fourth-order valence-electron chi connectivity index (χ4n) is 2.68. The van der Waals surface area contributed by atoms with Crippen LogP contribution < -0.4 is 9.62 Å². The molecule has 2 amide bonds. The Bertz CT molecular complexity index is 963. The van der Waals surface area contributed by atoms with Crippen molar-refractivity contribution in [2.45, 2.75) is 13.5 Å². The normalized spacial score (nSPS) is 18.8. The number of aromatic nitrogens is 1. The number of nitrogens with one attached hydrogen (secondary N) is 1. The highest BCUT2D eigenvalue weighted by Crippen LogP contribution is 2.31. The Morgan fingerprint density at radius 1 is 1.38 bits per heavy atom. The summed E-state index contributed by atoms with van der Waals surface area (Å²) in [6, 6.07) is 7.70. The lowest BCUT2D eigenvalue weighted by Gasteiger charge is -2.16. The van der Waals surface area contributed by atoms with Gasteiger partial charge in [0.05, 0.1) is 27.9 Å². The van der Waals surface area contributed by atoms with Crippen LogP contribution in [0, 0.1) is 5.92 Å². The number of hydrogen-bond acceptors (Lipinski definition) is 5. The van der Waals surface area contributed by atoms with Crippen LogP contribution in [0.4, 0.5) is 5.69 Å². The Morgan fingerprint density at radius 2 is 2.15 bits per heavy atom. The zero-order chi connectivity index (χ0) is 18.9. The molecular weight excluding hydrogens is 378 g/mol. The highest BCUT2D eigenvalue weighted by Gasteiger charge is 2.42. The molecule has 1 fully saturated rings. The van der Waals surface area contributed by atoms with Crippen LogP contribution in [0.5, 0.6) is 0 Å². The largest absolute Gasteiger partial charge is 0.348 e. The van der Waals surface area contributed by atoms with Gasteiger partial charge in [-0.2, -0.15) is 0 Å². The van der Waals surface area contributed by atoms with Crippen molar-refractivity contribution in [1.82, 2.24) is 10.3 Å². The van der Waals surface area contributed by atoms with Crippen LogP contribution in [-0.2, 0) is 21.4 Å². The molecule has 1 aliphatic rings. The highest BCUT2D eigenvalue weighted by atomic mass is 35.5. The maximum absolute atomic E-state index is 12.3. The van der Waals surface area contributed by atoms with Crippen molar-refractivity contribution in [2.75, 3.05) is 10.1 Å². The van der Waals surface area contributed by atoms with E-state index < -0.39 is 27.8 Å². The molecule has 1 N–H and O–H groups in total. The third kappa shape index (κ3) is 3.56. The smallest absolute Gasteiger partial charge is 0.253 e. The lowest BCUT2D eigenvalue weighted by Crippen LogP contribution is -2.30. The third-order valence-electron chi connectivity index (χ3n) is 3.97. The van der Waals surface area contributed by atoms with E-state index in [9.17, 15) is 18.0 Å². The van der Waals surface area contributed by atoms with E-state index in [1.165, 1.54) is 18.2 Å². The average molecular weight is 394 g/mol.